The molecule has 4 amide bonds. The van der Waals surface area contributed by atoms with Crippen molar-refractivity contribution in [3.63, 3.8) is 0 Å². The molecule has 0 aromatic heterocycles. The number of carbonyl (C=O) groups is 4. The fourth-order valence-electron chi connectivity index (χ4n) is 5.31. The molecule has 0 saturated carbocycles. The van der Waals surface area contributed by atoms with Gasteiger partial charge in [-0.3, -0.25) is 19.2 Å². The van der Waals surface area contributed by atoms with E-state index >= 15 is 0 Å². The standard InChI is InChI=1S/C39H44N4O4/c1-28(30-18-8-6-9-19-30)40-38(46)32-22-14-16-24-34(32)42-36(44)26-12-4-3-5-13-27-37(45)43-35-25-17-15-23-33(35)39(47)41-29(2)31-20-10-7-11-21-31/h6-11,14-25,28-29H,3-5,12-13,26-27H2,1-2H3,(H,40,46)(H,41,47)(H,42,44)(H,43,45). The summed E-state index contributed by atoms with van der Waals surface area (Å²) in [6, 6.07) is 33.1. The summed E-state index contributed by atoms with van der Waals surface area (Å²) >= 11 is 0. The summed E-state index contributed by atoms with van der Waals surface area (Å²) in [7, 11) is 0. The molecule has 0 radical (unpaired) electrons. The van der Waals surface area contributed by atoms with Crippen LogP contribution in [0.4, 0.5) is 11.4 Å². The van der Waals surface area contributed by atoms with Crippen molar-refractivity contribution in [2.45, 2.75) is 70.9 Å². The molecule has 4 rings (SSSR count). The Kier molecular flexibility index (Phi) is 13.3. The predicted octanol–water partition coefficient (Wildman–Crippen LogP) is 7.98. The van der Waals surface area contributed by atoms with Crippen LogP contribution < -0.4 is 21.3 Å². The molecule has 0 heterocycles. The van der Waals surface area contributed by atoms with E-state index in [0.717, 1.165) is 30.4 Å². The molecule has 4 N–H and O–H groups in total. The smallest absolute Gasteiger partial charge is 0.253 e. The highest BCUT2D eigenvalue weighted by Crippen LogP contribution is 2.20. The highest BCUT2D eigenvalue weighted by Gasteiger charge is 2.17. The number of hydrogen-bond donors (Lipinski definition) is 4. The molecule has 4 aromatic rings. The van der Waals surface area contributed by atoms with Gasteiger partial charge in [0.1, 0.15) is 0 Å². The Morgan fingerprint density at radius 3 is 1.21 bits per heavy atom. The highest BCUT2D eigenvalue weighted by molar-refractivity contribution is 6.04. The lowest BCUT2D eigenvalue weighted by molar-refractivity contribution is -0.117. The van der Waals surface area contributed by atoms with Gasteiger partial charge in [-0.15, -0.1) is 0 Å². The molecule has 244 valence electrons. The molecule has 47 heavy (non-hydrogen) atoms. The van der Waals surface area contributed by atoms with Gasteiger partial charge in [0.25, 0.3) is 11.8 Å². The topological polar surface area (TPSA) is 116 Å². The van der Waals surface area contributed by atoms with Crippen molar-refractivity contribution in [3.8, 4) is 0 Å². The summed E-state index contributed by atoms with van der Waals surface area (Å²) in [6.45, 7) is 3.85. The van der Waals surface area contributed by atoms with Crippen molar-refractivity contribution in [1.82, 2.24) is 10.6 Å². The summed E-state index contributed by atoms with van der Waals surface area (Å²) in [5.74, 6) is -0.764. The van der Waals surface area contributed by atoms with Gasteiger partial charge in [0.15, 0.2) is 0 Å². The third kappa shape index (κ3) is 11.0. The van der Waals surface area contributed by atoms with Crippen LogP contribution in [0.25, 0.3) is 0 Å². The summed E-state index contributed by atoms with van der Waals surface area (Å²) in [5.41, 5.74) is 3.83. The van der Waals surface area contributed by atoms with Crippen LogP contribution in [-0.4, -0.2) is 23.6 Å². The van der Waals surface area contributed by atoms with Gasteiger partial charge in [0.2, 0.25) is 11.8 Å². The lowest BCUT2D eigenvalue weighted by Crippen LogP contribution is -2.28. The molecule has 2 unspecified atom stereocenters. The fourth-order valence-corrected chi connectivity index (χ4v) is 5.31. The van der Waals surface area contributed by atoms with E-state index in [1.807, 2.05) is 74.5 Å². The third-order valence-electron chi connectivity index (χ3n) is 7.99. The lowest BCUT2D eigenvalue weighted by Gasteiger charge is -2.16. The molecule has 0 aliphatic heterocycles. The Labute approximate surface area is 277 Å². The number of nitrogens with one attached hydrogen (secondary N) is 4. The zero-order valence-electron chi connectivity index (χ0n) is 27.1. The number of anilines is 2. The Morgan fingerprint density at radius 2 is 0.809 bits per heavy atom. The van der Waals surface area contributed by atoms with E-state index in [-0.39, 0.29) is 35.7 Å². The summed E-state index contributed by atoms with van der Waals surface area (Å²) < 4.78 is 0. The van der Waals surface area contributed by atoms with Crippen molar-refractivity contribution in [2.75, 3.05) is 10.6 Å². The average Bonchev–Trinajstić information content (AvgIpc) is 3.09. The van der Waals surface area contributed by atoms with E-state index < -0.39 is 0 Å². The molecule has 0 spiro atoms. The van der Waals surface area contributed by atoms with Gasteiger partial charge in [-0.25, -0.2) is 0 Å². The maximum absolute atomic E-state index is 13.0. The Morgan fingerprint density at radius 1 is 0.468 bits per heavy atom. The van der Waals surface area contributed by atoms with Gasteiger partial charge in [-0.2, -0.15) is 0 Å². The normalized spacial score (nSPS) is 12.0. The van der Waals surface area contributed by atoms with E-state index in [1.54, 1.807) is 48.5 Å². The van der Waals surface area contributed by atoms with Crippen molar-refractivity contribution in [2.24, 2.45) is 0 Å². The first-order valence-electron chi connectivity index (χ1n) is 16.3. The van der Waals surface area contributed by atoms with Gasteiger partial charge >= 0.3 is 0 Å². The second-order valence-electron chi connectivity index (χ2n) is 11.7. The number of unbranched alkanes of at least 4 members (excludes halogenated alkanes) is 4. The molecular formula is C39H44N4O4. The first-order valence-corrected chi connectivity index (χ1v) is 16.3. The van der Waals surface area contributed by atoms with E-state index in [4.69, 9.17) is 0 Å². The highest BCUT2D eigenvalue weighted by atomic mass is 16.2. The van der Waals surface area contributed by atoms with Gasteiger partial charge < -0.3 is 21.3 Å². The van der Waals surface area contributed by atoms with Crippen LogP contribution in [0.1, 0.15) is 103 Å². The SMILES string of the molecule is CC(NC(=O)c1ccccc1NC(=O)CCCCCCCC(=O)Nc1ccccc1C(=O)NC(C)c1ccccc1)c1ccccc1. The zero-order valence-corrected chi connectivity index (χ0v) is 27.1. The minimum Gasteiger partial charge on any atom is -0.345 e. The fraction of sp³-hybridized carbons (Fsp3) is 0.282. The van der Waals surface area contributed by atoms with Crippen LogP contribution in [0.5, 0.6) is 0 Å². The maximum atomic E-state index is 13.0. The van der Waals surface area contributed by atoms with E-state index in [9.17, 15) is 19.2 Å². The van der Waals surface area contributed by atoms with Crippen LogP contribution in [0.3, 0.4) is 0 Å². The monoisotopic (exact) mass is 632 g/mol. The van der Waals surface area contributed by atoms with Crippen molar-refractivity contribution in [3.05, 3.63) is 131 Å². The largest absolute Gasteiger partial charge is 0.345 e. The van der Waals surface area contributed by atoms with Gasteiger partial charge in [-0.05, 0) is 62.1 Å². The minimum absolute atomic E-state index is 0.137. The van der Waals surface area contributed by atoms with E-state index in [1.165, 1.54) is 0 Å². The second kappa shape index (κ2) is 18.0. The molecule has 8 heteroatoms. The average molecular weight is 633 g/mol. The summed E-state index contributed by atoms with van der Waals surface area (Å²) in [4.78, 5) is 51.3. The molecule has 4 aromatic carbocycles. The van der Waals surface area contributed by atoms with Crippen molar-refractivity contribution in [1.29, 1.82) is 0 Å². The number of carbonyl (C=O) groups excluding carboxylic acids is 4. The number of benzene rings is 4. The van der Waals surface area contributed by atoms with Crippen LogP contribution >= 0.6 is 0 Å². The van der Waals surface area contributed by atoms with Crippen molar-refractivity contribution < 1.29 is 19.2 Å². The molecule has 0 fully saturated rings. The maximum Gasteiger partial charge on any atom is 0.253 e. The lowest BCUT2D eigenvalue weighted by atomic mass is 10.1. The molecular weight excluding hydrogens is 588 g/mol. The number of para-hydroxylation sites is 2. The Hall–Kier alpha value is -5.24. The van der Waals surface area contributed by atoms with E-state index in [0.29, 0.717) is 48.2 Å². The zero-order chi connectivity index (χ0) is 33.4. The minimum atomic E-state index is -0.245. The molecule has 0 saturated heterocycles. The summed E-state index contributed by atoms with van der Waals surface area (Å²) in [5, 5.41) is 11.8. The first-order chi connectivity index (χ1) is 22.8. The predicted molar refractivity (Wildman–Crippen MR) is 187 cm³/mol. The van der Waals surface area contributed by atoms with Crippen LogP contribution in [0, 0.1) is 0 Å². The number of rotatable bonds is 16. The molecule has 0 bridgehead atoms. The third-order valence-corrected chi connectivity index (χ3v) is 7.99. The quantitative estimate of drug-likeness (QED) is 0.0938. The molecule has 8 nitrogen and oxygen atoms in total. The number of hydrogen-bond acceptors (Lipinski definition) is 4. The van der Waals surface area contributed by atoms with Gasteiger partial charge in [0, 0.05) is 12.8 Å². The van der Waals surface area contributed by atoms with Crippen molar-refractivity contribution >= 4 is 35.0 Å². The van der Waals surface area contributed by atoms with E-state index in [2.05, 4.69) is 21.3 Å². The molecule has 0 aliphatic carbocycles. The second-order valence-corrected chi connectivity index (χ2v) is 11.7. The van der Waals surface area contributed by atoms with Crippen LogP contribution in [0.15, 0.2) is 109 Å². The molecule has 2 atom stereocenters. The Bertz CT molecular complexity index is 1500. The molecule has 0 aliphatic rings. The summed E-state index contributed by atoms with van der Waals surface area (Å²) in [6.07, 6.45) is 4.72. The number of amides is 4. The Balaban J connectivity index is 1.13. The first kappa shape index (κ1) is 34.6. The van der Waals surface area contributed by atoms with Crippen LogP contribution in [0.2, 0.25) is 0 Å². The van der Waals surface area contributed by atoms with Gasteiger partial charge in [-0.1, -0.05) is 104 Å². The van der Waals surface area contributed by atoms with Gasteiger partial charge in [0.05, 0.1) is 34.6 Å². The van der Waals surface area contributed by atoms with Crippen LogP contribution in [-0.2, 0) is 9.59 Å².